The minimum Gasteiger partial charge on any atom is -0.457 e. The predicted molar refractivity (Wildman–Crippen MR) is 165 cm³/mol. The molecule has 1 atom stereocenters. The minimum atomic E-state index is -0.688. The summed E-state index contributed by atoms with van der Waals surface area (Å²) in [7, 11) is 0. The number of amides is 1. The number of nitrogens with zero attached hydrogens (tertiary/aromatic N) is 1. The number of ketones is 1. The summed E-state index contributed by atoms with van der Waals surface area (Å²) in [6.07, 6.45) is -0.00616. The van der Waals surface area contributed by atoms with Crippen LogP contribution in [0.2, 0.25) is 0 Å². The molecule has 4 aromatic rings. The Hall–Kier alpha value is -5.24. The molecule has 1 fully saturated rings. The number of rotatable bonds is 10. The number of Topliss-reactive ketones (excluding diaryl/α,β-unsaturated/α-hetero) is 1. The summed E-state index contributed by atoms with van der Waals surface area (Å²) in [4.78, 5) is 51.9. The van der Waals surface area contributed by atoms with Crippen molar-refractivity contribution in [3.63, 3.8) is 0 Å². The highest BCUT2D eigenvalue weighted by Crippen LogP contribution is 2.33. The van der Waals surface area contributed by atoms with E-state index in [1.165, 1.54) is 24.3 Å². The summed E-state index contributed by atoms with van der Waals surface area (Å²) in [5.41, 5.74) is 3.57. The molecule has 44 heavy (non-hydrogen) atoms. The maximum absolute atomic E-state index is 12.8. The summed E-state index contributed by atoms with van der Waals surface area (Å²) in [6.45, 7) is 5.93. The lowest BCUT2D eigenvalue weighted by Gasteiger charge is -2.18. The van der Waals surface area contributed by atoms with Gasteiger partial charge in [-0.15, -0.1) is 0 Å². The fourth-order valence-corrected chi connectivity index (χ4v) is 4.93. The van der Waals surface area contributed by atoms with Gasteiger partial charge in [0.05, 0.1) is 11.5 Å². The van der Waals surface area contributed by atoms with Gasteiger partial charge >= 0.3 is 11.9 Å². The molecule has 1 saturated heterocycles. The predicted octanol–water partition coefficient (Wildman–Crippen LogP) is 6.91. The van der Waals surface area contributed by atoms with E-state index in [2.05, 4.69) is 26.0 Å². The molecular formula is C36H33NO7. The van der Waals surface area contributed by atoms with Gasteiger partial charge in [-0.05, 0) is 90.7 Å². The van der Waals surface area contributed by atoms with Gasteiger partial charge in [0.2, 0.25) is 5.91 Å². The Morgan fingerprint density at radius 3 is 2.20 bits per heavy atom. The summed E-state index contributed by atoms with van der Waals surface area (Å²) >= 11 is 0. The van der Waals surface area contributed by atoms with Crippen LogP contribution < -0.4 is 14.4 Å². The number of ether oxygens (including phenoxy) is 3. The highest BCUT2D eigenvalue weighted by molar-refractivity contribution is 6.01. The molecular weight excluding hydrogens is 558 g/mol. The number of hydrogen-bond donors (Lipinski definition) is 0. The Balaban J connectivity index is 1.13. The molecule has 1 amide bonds. The number of benzene rings is 4. The molecule has 8 nitrogen and oxygen atoms in total. The van der Waals surface area contributed by atoms with Gasteiger partial charge in [0.15, 0.2) is 12.4 Å². The summed E-state index contributed by atoms with van der Waals surface area (Å²) < 4.78 is 16.8. The molecule has 8 heteroatoms. The monoisotopic (exact) mass is 591 g/mol. The molecule has 0 radical (unpaired) electrons. The van der Waals surface area contributed by atoms with E-state index in [9.17, 15) is 19.2 Å². The lowest BCUT2D eigenvalue weighted by Crippen LogP contribution is -2.27. The quantitative estimate of drug-likeness (QED) is 0.112. The van der Waals surface area contributed by atoms with Crippen molar-refractivity contribution in [3.05, 3.63) is 119 Å². The first kappa shape index (κ1) is 30.2. The fourth-order valence-electron chi connectivity index (χ4n) is 4.93. The molecule has 0 unspecified atom stereocenters. The van der Waals surface area contributed by atoms with E-state index >= 15 is 0 Å². The molecule has 5 rings (SSSR count). The van der Waals surface area contributed by atoms with Crippen molar-refractivity contribution in [2.24, 2.45) is 5.92 Å². The number of carbonyl (C=O) groups is 4. The molecule has 0 aromatic heterocycles. The molecule has 1 aliphatic rings. The molecule has 224 valence electrons. The minimum absolute atomic E-state index is 0.00616. The van der Waals surface area contributed by atoms with Gasteiger partial charge in [-0.1, -0.05) is 44.2 Å². The SMILES string of the molecule is Cc1ccc(C(C)C)c(Oc2ccc(N3C[C@@H](C(=O)OCC(=O)c4ccc(OC(=O)c5ccccc5)cc4)CC3=O)cc2)c1. The van der Waals surface area contributed by atoms with Crippen molar-refractivity contribution >= 4 is 29.3 Å². The molecule has 0 N–H and O–H groups in total. The van der Waals surface area contributed by atoms with Crippen LogP contribution in [0.15, 0.2) is 97.1 Å². The van der Waals surface area contributed by atoms with Gasteiger partial charge in [-0.2, -0.15) is 0 Å². The first-order valence-corrected chi connectivity index (χ1v) is 14.4. The van der Waals surface area contributed by atoms with E-state index in [1.807, 2.05) is 13.0 Å². The van der Waals surface area contributed by atoms with Crippen LogP contribution in [0, 0.1) is 12.8 Å². The molecule has 4 aromatic carbocycles. The summed E-state index contributed by atoms with van der Waals surface area (Å²) in [5.74, 6) is -0.391. The van der Waals surface area contributed by atoms with Crippen molar-refractivity contribution in [2.45, 2.75) is 33.1 Å². The first-order valence-electron chi connectivity index (χ1n) is 14.4. The Morgan fingerprint density at radius 1 is 0.841 bits per heavy atom. The van der Waals surface area contributed by atoms with Crippen molar-refractivity contribution in [1.29, 1.82) is 0 Å². The zero-order valence-corrected chi connectivity index (χ0v) is 24.8. The van der Waals surface area contributed by atoms with Crippen LogP contribution in [0.5, 0.6) is 17.2 Å². The topological polar surface area (TPSA) is 99.2 Å². The zero-order chi connectivity index (χ0) is 31.2. The molecule has 0 aliphatic carbocycles. The standard InChI is InChI=1S/C36H33NO7/c1-23(2)31-18-9-24(3)19-33(31)43-29-16-12-28(13-17-29)37-21-27(20-34(37)39)35(40)42-22-32(38)25-10-14-30(15-11-25)44-36(41)26-7-5-4-6-8-26/h4-19,23,27H,20-22H2,1-3H3/t27-/m0/s1. The second-order valence-corrected chi connectivity index (χ2v) is 11.0. The van der Waals surface area contributed by atoms with Gasteiger partial charge in [-0.25, -0.2) is 4.79 Å². The number of hydrogen-bond acceptors (Lipinski definition) is 7. The maximum Gasteiger partial charge on any atom is 0.343 e. The average molecular weight is 592 g/mol. The van der Waals surface area contributed by atoms with E-state index < -0.39 is 30.2 Å². The third kappa shape index (κ3) is 7.21. The average Bonchev–Trinajstić information content (AvgIpc) is 3.42. The summed E-state index contributed by atoms with van der Waals surface area (Å²) in [5, 5.41) is 0. The van der Waals surface area contributed by atoms with E-state index in [1.54, 1.807) is 59.5 Å². The lowest BCUT2D eigenvalue weighted by atomic mass is 10.0. The zero-order valence-electron chi connectivity index (χ0n) is 24.8. The fraction of sp³-hybridized carbons (Fsp3) is 0.222. The number of aryl methyl sites for hydroxylation is 1. The maximum atomic E-state index is 12.8. The second kappa shape index (κ2) is 13.4. The lowest BCUT2D eigenvalue weighted by molar-refractivity contribution is -0.147. The Bertz CT molecular complexity index is 1660. The van der Waals surface area contributed by atoms with Crippen LogP contribution in [-0.4, -0.2) is 36.8 Å². The van der Waals surface area contributed by atoms with Gasteiger partial charge in [0.1, 0.15) is 17.2 Å². The largest absolute Gasteiger partial charge is 0.457 e. The van der Waals surface area contributed by atoms with Crippen molar-refractivity contribution in [3.8, 4) is 17.2 Å². The van der Waals surface area contributed by atoms with E-state index in [0.29, 0.717) is 28.5 Å². The molecule has 0 saturated carbocycles. The Kier molecular flexibility index (Phi) is 9.19. The van der Waals surface area contributed by atoms with Crippen LogP contribution in [-0.2, 0) is 14.3 Å². The molecule has 1 heterocycles. The summed E-state index contributed by atoms with van der Waals surface area (Å²) in [6, 6.07) is 27.9. The van der Waals surface area contributed by atoms with E-state index in [-0.39, 0.29) is 24.6 Å². The normalized spacial score (nSPS) is 14.4. The van der Waals surface area contributed by atoms with Gasteiger partial charge in [0, 0.05) is 24.2 Å². The van der Waals surface area contributed by atoms with Crippen molar-refractivity contribution in [2.75, 3.05) is 18.1 Å². The van der Waals surface area contributed by atoms with Crippen LogP contribution in [0.25, 0.3) is 0 Å². The first-order chi connectivity index (χ1) is 21.2. The highest BCUT2D eigenvalue weighted by atomic mass is 16.5. The van der Waals surface area contributed by atoms with Crippen LogP contribution in [0.4, 0.5) is 5.69 Å². The van der Waals surface area contributed by atoms with Crippen LogP contribution in [0.1, 0.15) is 58.0 Å². The van der Waals surface area contributed by atoms with Crippen molar-refractivity contribution in [1.82, 2.24) is 0 Å². The van der Waals surface area contributed by atoms with Crippen LogP contribution >= 0.6 is 0 Å². The number of carbonyl (C=O) groups excluding carboxylic acids is 4. The number of anilines is 1. The molecule has 1 aliphatic heterocycles. The Morgan fingerprint density at radius 2 is 1.52 bits per heavy atom. The van der Waals surface area contributed by atoms with Crippen LogP contribution in [0.3, 0.4) is 0 Å². The van der Waals surface area contributed by atoms with E-state index in [4.69, 9.17) is 14.2 Å². The molecule has 0 bridgehead atoms. The highest BCUT2D eigenvalue weighted by Gasteiger charge is 2.36. The van der Waals surface area contributed by atoms with Gasteiger partial charge in [-0.3, -0.25) is 14.4 Å². The second-order valence-electron chi connectivity index (χ2n) is 11.0. The van der Waals surface area contributed by atoms with Crippen molar-refractivity contribution < 1.29 is 33.4 Å². The van der Waals surface area contributed by atoms with Gasteiger partial charge < -0.3 is 19.1 Å². The third-order valence-electron chi connectivity index (χ3n) is 7.37. The van der Waals surface area contributed by atoms with Gasteiger partial charge in [0.25, 0.3) is 0 Å². The number of esters is 2. The third-order valence-corrected chi connectivity index (χ3v) is 7.37. The smallest absolute Gasteiger partial charge is 0.343 e. The molecule has 0 spiro atoms. The van der Waals surface area contributed by atoms with E-state index in [0.717, 1.165) is 16.9 Å². The Labute approximate surface area is 256 Å².